The molecule has 0 spiro atoms. The maximum atomic E-state index is 13.5. The number of carboxylic acids is 1. The molecule has 2 aromatic rings. The monoisotopic (exact) mass is 345 g/mol. The third kappa shape index (κ3) is 3.21. The van der Waals surface area contributed by atoms with Gasteiger partial charge in [0.25, 0.3) is 5.88 Å². The molecule has 4 nitrogen and oxygen atoms in total. The Hall–Kier alpha value is -1.66. The van der Waals surface area contributed by atoms with E-state index in [-0.39, 0.29) is 22.2 Å². The molecular formula is C12H6BrClFNO3. The third-order valence-corrected chi connectivity index (χ3v) is 3.02. The van der Waals surface area contributed by atoms with Gasteiger partial charge in [0.1, 0.15) is 5.75 Å². The van der Waals surface area contributed by atoms with E-state index in [1.807, 2.05) is 0 Å². The summed E-state index contributed by atoms with van der Waals surface area (Å²) >= 11 is 8.75. The predicted octanol–water partition coefficient (Wildman–Crippen LogP) is 4.13. The lowest BCUT2D eigenvalue weighted by atomic mass is 10.2. The van der Waals surface area contributed by atoms with Crippen LogP contribution in [0.5, 0.6) is 11.6 Å². The fourth-order valence-electron chi connectivity index (χ4n) is 1.30. The molecule has 7 heteroatoms. The van der Waals surface area contributed by atoms with Gasteiger partial charge in [-0.3, -0.25) is 0 Å². The van der Waals surface area contributed by atoms with E-state index in [2.05, 4.69) is 20.9 Å². The van der Waals surface area contributed by atoms with Crippen molar-refractivity contribution in [1.29, 1.82) is 0 Å². The van der Waals surface area contributed by atoms with Crippen LogP contribution in [0.15, 0.2) is 34.9 Å². The second-order valence-electron chi connectivity index (χ2n) is 3.49. The Bertz CT molecular complexity index is 651. The highest BCUT2D eigenvalue weighted by atomic mass is 79.9. The fraction of sp³-hybridized carbons (Fsp3) is 0. The minimum atomic E-state index is -1.11. The Morgan fingerprint density at radius 1 is 1.42 bits per heavy atom. The minimum Gasteiger partial charge on any atom is -0.478 e. The number of halogens is 3. The van der Waals surface area contributed by atoms with Crippen LogP contribution in [0.1, 0.15) is 10.4 Å². The fourth-order valence-corrected chi connectivity index (χ4v) is 1.77. The smallest absolute Gasteiger partial charge is 0.335 e. The van der Waals surface area contributed by atoms with Gasteiger partial charge in [-0.05, 0) is 40.2 Å². The number of nitrogens with zero attached hydrogens (tertiary/aromatic N) is 1. The zero-order valence-electron chi connectivity index (χ0n) is 9.23. The van der Waals surface area contributed by atoms with Crippen molar-refractivity contribution in [2.24, 2.45) is 0 Å². The summed E-state index contributed by atoms with van der Waals surface area (Å²) in [6.07, 6.45) is 1.23. The average molecular weight is 347 g/mol. The van der Waals surface area contributed by atoms with Gasteiger partial charge >= 0.3 is 5.97 Å². The maximum absolute atomic E-state index is 13.5. The van der Waals surface area contributed by atoms with E-state index in [4.69, 9.17) is 21.4 Å². The SMILES string of the molecule is O=C(O)c1ccc(Br)c(Oc2ncc(Cl)cc2F)c1. The first-order valence-corrected chi connectivity index (χ1v) is 6.16. The van der Waals surface area contributed by atoms with Crippen molar-refractivity contribution in [2.75, 3.05) is 0 Å². The first-order chi connectivity index (χ1) is 8.97. The van der Waals surface area contributed by atoms with Gasteiger partial charge in [0, 0.05) is 6.20 Å². The van der Waals surface area contributed by atoms with Crippen molar-refractivity contribution in [3.63, 3.8) is 0 Å². The minimum absolute atomic E-state index is 0.0209. The van der Waals surface area contributed by atoms with Crippen LogP contribution in [0.4, 0.5) is 4.39 Å². The van der Waals surface area contributed by atoms with E-state index in [1.54, 1.807) is 0 Å². The summed E-state index contributed by atoms with van der Waals surface area (Å²) in [6.45, 7) is 0. The molecule has 0 aliphatic heterocycles. The molecule has 0 aliphatic carbocycles. The quantitative estimate of drug-likeness (QED) is 0.908. The van der Waals surface area contributed by atoms with Crippen molar-refractivity contribution in [1.82, 2.24) is 4.98 Å². The second kappa shape index (κ2) is 5.54. The molecule has 0 unspecified atom stereocenters. The van der Waals surface area contributed by atoms with Gasteiger partial charge < -0.3 is 9.84 Å². The second-order valence-corrected chi connectivity index (χ2v) is 4.78. The van der Waals surface area contributed by atoms with Gasteiger partial charge in [-0.1, -0.05) is 11.6 Å². The maximum Gasteiger partial charge on any atom is 0.335 e. The van der Waals surface area contributed by atoms with Gasteiger partial charge in [0.15, 0.2) is 5.82 Å². The predicted molar refractivity (Wildman–Crippen MR) is 70.4 cm³/mol. The van der Waals surface area contributed by atoms with Gasteiger partial charge in [-0.15, -0.1) is 0 Å². The zero-order valence-corrected chi connectivity index (χ0v) is 11.6. The van der Waals surface area contributed by atoms with Crippen molar-refractivity contribution in [3.8, 4) is 11.6 Å². The summed E-state index contributed by atoms with van der Waals surface area (Å²) in [7, 11) is 0. The molecule has 1 aromatic heterocycles. The van der Waals surface area contributed by atoms with Gasteiger partial charge in [0.05, 0.1) is 15.1 Å². The summed E-state index contributed by atoms with van der Waals surface area (Å²) in [5.74, 6) is -1.98. The lowest BCUT2D eigenvalue weighted by Crippen LogP contribution is -1.98. The zero-order chi connectivity index (χ0) is 14.0. The van der Waals surface area contributed by atoms with E-state index < -0.39 is 11.8 Å². The highest BCUT2D eigenvalue weighted by molar-refractivity contribution is 9.10. The van der Waals surface area contributed by atoms with Gasteiger partial charge in [-0.25, -0.2) is 14.2 Å². The lowest BCUT2D eigenvalue weighted by molar-refractivity contribution is 0.0696. The number of carboxylic acid groups (broad SMARTS) is 1. The Morgan fingerprint density at radius 3 is 2.79 bits per heavy atom. The summed E-state index contributed by atoms with van der Waals surface area (Å²) < 4.78 is 19.2. The summed E-state index contributed by atoms with van der Waals surface area (Å²) in [5.41, 5.74) is 0.0209. The summed E-state index contributed by atoms with van der Waals surface area (Å²) in [4.78, 5) is 14.5. The van der Waals surface area contributed by atoms with E-state index >= 15 is 0 Å². The Kier molecular flexibility index (Phi) is 4.01. The molecule has 0 amide bonds. The highest BCUT2D eigenvalue weighted by Crippen LogP contribution is 2.31. The van der Waals surface area contributed by atoms with E-state index in [9.17, 15) is 9.18 Å². The molecule has 2 rings (SSSR count). The van der Waals surface area contributed by atoms with Crippen LogP contribution in [-0.2, 0) is 0 Å². The van der Waals surface area contributed by atoms with Crippen LogP contribution in [0.25, 0.3) is 0 Å². The van der Waals surface area contributed by atoms with Gasteiger partial charge in [-0.2, -0.15) is 0 Å². The molecular weight excluding hydrogens is 340 g/mol. The van der Waals surface area contributed by atoms with E-state index in [1.165, 1.54) is 24.4 Å². The number of rotatable bonds is 3. The number of aromatic nitrogens is 1. The molecule has 0 fully saturated rings. The molecule has 0 saturated carbocycles. The number of carbonyl (C=O) groups is 1. The standard InChI is InChI=1S/C12H6BrClFNO3/c13-8-2-1-6(12(17)18)3-10(8)19-11-9(15)4-7(14)5-16-11/h1-5H,(H,17,18). The number of hydrogen-bond acceptors (Lipinski definition) is 3. The summed E-state index contributed by atoms with van der Waals surface area (Å²) in [5, 5.41) is 9.02. The number of ether oxygens (including phenoxy) is 1. The van der Waals surface area contributed by atoms with E-state index in [0.717, 1.165) is 6.07 Å². The normalized spacial score (nSPS) is 10.3. The molecule has 0 radical (unpaired) electrons. The van der Waals surface area contributed by atoms with Crippen LogP contribution in [0.2, 0.25) is 5.02 Å². The molecule has 0 atom stereocenters. The molecule has 0 aliphatic rings. The molecule has 1 heterocycles. The average Bonchev–Trinajstić information content (AvgIpc) is 2.34. The highest BCUT2D eigenvalue weighted by Gasteiger charge is 2.12. The number of benzene rings is 1. The largest absolute Gasteiger partial charge is 0.478 e. The van der Waals surface area contributed by atoms with Crippen LogP contribution in [0.3, 0.4) is 0 Å². The van der Waals surface area contributed by atoms with Crippen LogP contribution >= 0.6 is 27.5 Å². The van der Waals surface area contributed by atoms with Crippen LogP contribution in [0, 0.1) is 5.82 Å². The van der Waals surface area contributed by atoms with Crippen molar-refractivity contribution in [2.45, 2.75) is 0 Å². The number of pyridine rings is 1. The molecule has 0 saturated heterocycles. The molecule has 1 N–H and O–H groups in total. The van der Waals surface area contributed by atoms with Crippen molar-refractivity contribution < 1.29 is 19.0 Å². The summed E-state index contributed by atoms with van der Waals surface area (Å²) in [6, 6.07) is 5.21. The Morgan fingerprint density at radius 2 is 2.16 bits per heavy atom. The number of aromatic carboxylic acids is 1. The van der Waals surface area contributed by atoms with Crippen LogP contribution < -0.4 is 4.74 Å². The molecule has 0 bridgehead atoms. The first kappa shape index (κ1) is 13.8. The Balaban J connectivity index is 2.37. The molecule has 98 valence electrons. The lowest BCUT2D eigenvalue weighted by Gasteiger charge is -2.08. The molecule has 19 heavy (non-hydrogen) atoms. The molecule has 1 aromatic carbocycles. The van der Waals surface area contributed by atoms with Gasteiger partial charge in [0.2, 0.25) is 0 Å². The number of hydrogen-bond donors (Lipinski definition) is 1. The first-order valence-electron chi connectivity index (χ1n) is 4.99. The van der Waals surface area contributed by atoms with Crippen molar-refractivity contribution >= 4 is 33.5 Å². The van der Waals surface area contributed by atoms with Crippen molar-refractivity contribution in [3.05, 3.63) is 51.3 Å². The topological polar surface area (TPSA) is 59.4 Å². The van der Waals surface area contributed by atoms with Crippen LogP contribution in [-0.4, -0.2) is 16.1 Å². The third-order valence-electron chi connectivity index (χ3n) is 2.16. The Labute approximate surface area is 120 Å². The van der Waals surface area contributed by atoms with E-state index in [0.29, 0.717) is 4.47 Å².